The first-order valence-electron chi connectivity index (χ1n) is 5.38. The lowest BCUT2D eigenvalue weighted by atomic mass is 10.2. The van der Waals surface area contributed by atoms with E-state index in [4.69, 9.17) is 0 Å². The number of hydrogen-bond donors (Lipinski definition) is 1. The fourth-order valence-corrected chi connectivity index (χ4v) is 1.76. The van der Waals surface area contributed by atoms with E-state index in [0.29, 0.717) is 11.0 Å². The summed E-state index contributed by atoms with van der Waals surface area (Å²) in [6, 6.07) is 7.04. The maximum absolute atomic E-state index is 13.2. The molecule has 1 N–H and O–H groups in total. The standard InChI is InChI=1S/C12H13BrFN3/c13-11-3-2-10(8-12(11)14)9-15-5-7-17-6-1-4-16-17/h1-4,6,8,15H,5,7,9H2. The molecule has 0 saturated heterocycles. The Morgan fingerprint density at radius 3 is 3.00 bits per heavy atom. The second kappa shape index (κ2) is 5.93. The van der Waals surface area contributed by atoms with Crippen LogP contribution in [0.15, 0.2) is 41.1 Å². The minimum Gasteiger partial charge on any atom is -0.311 e. The van der Waals surface area contributed by atoms with Crippen LogP contribution in [0.3, 0.4) is 0 Å². The van der Waals surface area contributed by atoms with Crippen LogP contribution in [0, 0.1) is 5.82 Å². The van der Waals surface area contributed by atoms with Crippen LogP contribution in [0.1, 0.15) is 5.56 Å². The van der Waals surface area contributed by atoms with Gasteiger partial charge in [-0.3, -0.25) is 4.68 Å². The van der Waals surface area contributed by atoms with E-state index in [-0.39, 0.29) is 5.82 Å². The Bertz CT molecular complexity index is 471. The van der Waals surface area contributed by atoms with Crippen molar-refractivity contribution >= 4 is 15.9 Å². The molecule has 0 atom stereocenters. The molecule has 5 heteroatoms. The minimum atomic E-state index is -0.226. The average molecular weight is 298 g/mol. The second-order valence-corrected chi connectivity index (χ2v) is 4.55. The summed E-state index contributed by atoms with van der Waals surface area (Å²) < 4.78 is 15.6. The van der Waals surface area contributed by atoms with Crippen molar-refractivity contribution in [2.75, 3.05) is 6.54 Å². The van der Waals surface area contributed by atoms with Crippen LogP contribution in [0.4, 0.5) is 4.39 Å². The first kappa shape index (κ1) is 12.3. The first-order chi connectivity index (χ1) is 8.25. The number of hydrogen-bond acceptors (Lipinski definition) is 2. The average Bonchev–Trinajstić information content (AvgIpc) is 2.82. The summed E-state index contributed by atoms with van der Waals surface area (Å²) in [6.07, 6.45) is 3.67. The number of nitrogens with zero attached hydrogens (tertiary/aromatic N) is 2. The number of benzene rings is 1. The van der Waals surface area contributed by atoms with Gasteiger partial charge in [0.05, 0.1) is 11.0 Å². The summed E-state index contributed by atoms with van der Waals surface area (Å²) in [7, 11) is 0. The molecule has 0 saturated carbocycles. The van der Waals surface area contributed by atoms with Crippen molar-refractivity contribution in [2.24, 2.45) is 0 Å². The van der Waals surface area contributed by atoms with Crippen molar-refractivity contribution in [2.45, 2.75) is 13.1 Å². The highest BCUT2D eigenvalue weighted by molar-refractivity contribution is 9.10. The molecule has 1 heterocycles. The fraction of sp³-hybridized carbons (Fsp3) is 0.250. The maximum Gasteiger partial charge on any atom is 0.137 e. The SMILES string of the molecule is Fc1cc(CNCCn2cccn2)ccc1Br. The van der Waals surface area contributed by atoms with Gasteiger partial charge in [-0.2, -0.15) is 5.10 Å². The van der Waals surface area contributed by atoms with Crippen LogP contribution in [0.25, 0.3) is 0 Å². The van der Waals surface area contributed by atoms with E-state index in [1.54, 1.807) is 12.3 Å². The fourth-order valence-electron chi connectivity index (χ4n) is 1.51. The topological polar surface area (TPSA) is 29.9 Å². The quantitative estimate of drug-likeness (QED) is 0.860. The van der Waals surface area contributed by atoms with Gasteiger partial charge in [-0.25, -0.2) is 4.39 Å². The van der Waals surface area contributed by atoms with Crippen molar-refractivity contribution in [3.63, 3.8) is 0 Å². The summed E-state index contributed by atoms with van der Waals surface area (Å²) in [4.78, 5) is 0. The zero-order chi connectivity index (χ0) is 12.1. The third-order valence-electron chi connectivity index (χ3n) is 2.39. The van der Waals surface area contributed by atoms with Crippen LogP contribution >= 0.6 is 15.9 Å². The van der Waals surface area contributed by atoms with Gasteiger partial charge in [-0.1, -0.05) is 6.07 Å². The molecule has 90 valence electrons. The van der Waals surface area contributed by atoms with Crippen molar-refractivity contribution in [3.8, 4) is 0 Å². The first-order valence-corrected chi connectivity index (χ1v) is 6.17. The molecule has 0 radical (unpaired) electrons. The summed E-state index contributed by atoms with van der Waals surface area (Å²) in [5.41, 5.74) is 0.936. The molecule has 17 heavy (non-hydrogen) atoms. The van der Waals surface area contributed by atoms with Crippen molar-refractivity contribution in [1.29, 1.82) is 0 Å². The largest absolute Gasteiger partial charge is 0.311 e. The molecule has 3 nitrogen and oxygen atoms in total. The van der Waals surface area contributed by atoms with Gasteiger partial charge < -0.3 is 5.32 Å². The Labute approximate surface area is 108 Å². The predicted molar refractivity (Wildman–Crippen MR) is 68.0 cm³/mol. The zero-order valence-corrected chi connectivity index (χ0v) is 10.8. The highest BCUT2D eigenvalue weighted by Gasteiger charge is 2.00. The predicted octanol–water partition coefficient (Wildman–Crippen LogP) is 2.57. The van der Waals surface area contributed by atoms with Gasteiger partial charge in [-0.05, 0) is 39.7 Å². The summed E-state index contributed by atoms with van der Waals surface area (Å²) >= 11 is 3.13. The molecule has 0 fully saturated rings. The molecule has 1 aromatic heterocycles. The Kier molecular flexibility index (Phi) is 4.28. The van der Waals surface area contributed by atoms with E-state index in [1.807, 2.05) is 23.0 Å². The molecular formula is C12H13BrFN3. The Balaban J connectivity index is 1.76. The summed E-state index contributed by atoms with van der Waals surface area (Å²) in [5, 5.41) is 7.34. The van der Waals surface area contributed by atoms with Crippen molar-refractivity contribution < 1.29 is 4.39 Å². The molecule has 0 bridgehead atoms. The van der Waals surface area contributed by atoms with Gasteiger partial charge in [0.25, 0.3) is 0 Å². The normalized spacial score (nSPS) is 10.7. The van der Waals surface area contributed by atoms with Gasteiger partial charge in [-0.15, -0.1) is 0 Å². The van der Waals surface area contributed by atoms with E-state index in [1.165, 1.54) is 6.07 Å². The molecule has 1 aromatic carbocycles. The molecule has 0 amide bonds. The monoisotopic (exact) mass is 297 g/mol. The molecular weight excluding hydrogens is 285 g/mol. The van der Waals surface area contributed by atoms with Crippen molar-refractivity contribution in [1.82, 2.24) is 15.1 Å². The lowest BCUT2D eigenvalue weighted by Crippen LogP contribution is -2.19. The lowest BCUT2D eigenvalue weighted by Gasteiger charge is -2.06. The number of nitrogens with one attached hydrogen (secondary N) is 1. The van der Waals surface area contributed by atoms with Crippen LogP contribution in [0.5, 0.6) is 0 Å². The highest BCUT2D eigenvalue weighted by Crippen LogP contribution is 2.16. The molecule has 2 aromatic rings. The number of halogens is 2. The Morgan fingerprint density at radius 1 is 1.41 bits per heavy atom. The molecule has 0 aliphatic carbocycles. The molecule has 0 spiro atoms. The van der Waals surface area contributed by atoms with E-state index in [0.717, 1.165) is 18.7 Å². The van der Waals surface area contributed by atoms with Crippen LogP contribution in [0.2, 0.25) is 0 Å². The zero-order valence-electron chi connectivity index (χ0n) is 9.24. The highest BCUT2D eigenvalue weighted by atomic mass is 79.9. The maximum atomic E-state index is 13.2. The third-order valence-corrected chi connectivity index (χ3v) is 3.03. The Hall–Kier alpha value is -1.20. The van der Waals surface area contributed by atoms with Gasteiger partial charge >= 0.3 is 0 Å². The van der Waals surface area contributed by atoms with Crippen molar-refractivity contribution in [3.05, 3.63) is 52.5 Å². The van der Waals surface area contributed by atoms with E-state index in [9.17, 15) is 4.39 Å². The van der Waals surface area contributed by atoms with Gasteiger partial charge in [0.15, 0.2) is 0 Å². The molecule has 2 rings (SSSR count). The van der Waals surface area contributed by atoms with Gasteiger partial charge in [0.2, 0.25) is 0 Å². The molecule has 0 aliphatic rings. The number of aromatic nitrogens is 2. The summed E-state index contributed by atoms with van der Waals surface area (Å²) in [5.74, 6) is -0.226. The lowest BCUT2D eigenvalue weighted by molar-refractivity contribution is 0.552. The van der Waals surface area contributed by atoms with Crippen LogP contribution in [-0.2, 0) is 13.1 Å². The van der Waals surface area contributed by atoms with E-state index >= 15 is 0 Å². The van der Waals surface area contributed by atoms with Gasteiger partial charge in [0, 0.05) is 25.5 Å². The summed E-state index contributed by atoms with van der Waals surface area (Å²) in [6.45, 7) is 2.27. The van der Waals surface area contributed by atoms with Gasteiger partial charge in [0.1, 0.15) is 5.82 Å². The Morgan fingerprint density at radius 2 is 2.29 bits per heavy atom. The second-order valence-electron chi connectivity index (χ2n) is 3.69. The van der Waals surface area contributed by atoms with E-state index in [2.05, 4.69) is 26.3 Å². The van der Waals surface area contributed by atoms with Crippen LogP contribution < -0.4 is 5.32 Å². The molecule has 0 aliphatic heterocycles. The molecule has 0 unspecified atom stereocenters. The number of rotatable bonds is 5. The minimum absolute atomic E-state index is 0.226. The van der Waals surface area contributed by atoms with E-state index < -0.39 is 0 Å². The van der Waals surface area contributed by atoms with Crippen LogP contribution in [-0.4, -0.2) is 16.3 Å². The third kappa shape index (κ3) is 3.64. The smallest absolute Gasteiger partial charge is 0.137 e.